The largest absolute Gasteiger partial charge is 0.435 e. The standard InChI is InChI=1S/C17H15F3N4.O2S/c1-10-2-3-11(8-14(10)22)15-9-16(17(18,19)20)23-24(15)13-6-4-12(21)5-7-13;1-3-2/h2-9H,21-22H2,1H3;. The average molecular weight is 396 g/mol. The van der Waals surface area contributed by atoms with Crippen molar-refractivity contribution in [1.29, 1.82) is 0 Å². The van der Waals surface area contributed by atoms with E-state index >= 15 is 0 Å². The molecule has 0 saturated heterocycles. The Morgan fingerprint density at radius 3 is 2.11 bits per heavy atom. The maximum absolute atomic E-state index is 13.1. The van der Waals surface area contributed by atoms with Gasteiger partial charge in [-0.1, -0.05) is 12.1 Å². The monoisotopic (exact) mass is 396 g/mol. The van der Waals surface area contributed by atoms with Gasteiger partial charge in [0.15, 0.2) is 5.69 Å². The third kappa shape index (κ3) is 4.73. The van der Waals surface area contributed by atoms with Crippen LogP contribution in [-0.4, -0.2) is 18.2 Å². The van der Waals surface area contributed by atoms with E-state index in [2.05, 4.69) is 5.10 Å². The number of halogens is 3. The molecule has 0 radical (unpaired) electrons. The fourth-order valence-corrected chi connectivity index (χ4v) is 2.34. The Bertz CT molecular complexity index is 979. The van der Waals surface area contributed by atoms with Gasteiger partial charge >= 0.3 is 17.7 Å². The van der Waals surface area contributed by atoms with Crippen LogP contribution in [0.3, 0.4) is 0 Å². The molecule has 0 aliphatic heterocycles. The Balaban J connectivity index is 0.000000817. The number of hydrogen-bond donors (Lipinski definition) is 2. The Kier molecular flexibility index (Phi) is 6.01. The Hall–Kier alpha value is -3.14. The lowest BCUT2D eigenvalue weighted by Gasteiger charge is -2.09. The molecule has 0 aliphatic rings. The van der Waals surface area contributed by atoms with E-state index in [0.29, 0.717) is 28.3 Å². The molecule has 0 amide bonds. The predicted molar refractivity (Wildman–Crippen MR) is 96.5 cm³/mol. The number of aromatic nitrogens is 2. The zero-order valence-electron chi connectivity index (χ0n) is 14.0. The summed E-state index contributed by atoms with van der Waals surface area (Å²) in [4.78, 5) is 0. The van der Waals surface area contributed by atoms with Crippen LogP contribution in [0.1, 0.15) is 11.3 Å². The number of nitrogens with two attached hydrogens (primary N) is 2. The van der Waals surface area contributed by atoms with Crippen molar-refractivity contribution in [2.75, 3.05) is 11.5 Å². The number of alkyl halides is 3. The third-order valence-corrected chi connectivity index (χ3v) is 3.71. The van der Waals surface area contributed by atoms with Crippen LogP contribution in [0.4, 0.5) is 24.5 Å². The van der Waals surface area contributed by atoms with Crippen LogP contribution in [0.15, 0.2) is 48.5 Å². The Labute approximate surface area is 156 Å². The summed E-state index contributed by atoms with van der Waals surface area (Å²) in [6.07, 6.45) is -4.54. The molecule has 6 nitrogen and oxygen atoms in total. The molecular formula is C17H15F3N4O2S. The van der Waals surface area contributed by atoms with E-state index in [9.17, 15) is 13.2 Å². The van der Waals surface area contributed by atoms with Gasteiger partial charge in [-0.2, -0.15) is 26.7 Å². The van der Waals surface area contributed by atoms with Gasteiger partial charge in [0.05, 0.1) is 11.4 Å². The number of nitrogen functional groups attached to an aromatic ring is 2. The molecule has 10 heteroatoms. The van der Waals surface area contributed by atoms with Gasteiger partial charge in [-0.15, -0.1) is 0 Å². The van der Waals surface area contributed by atoms with Crippen molar-refractivity contribution in [2.24, 2.45) is 0 Å². The van der Waals surface area contributed by atoms with Gasteiger partial charge in [0.2, 0.25) is 0 Å². The summed E-state index contributed by atoms with van der Waals surface area (Å²) in [5.41, 5.74) is 13.8. The molecule has 0 aliphatic carbocycles. The van der Waals surface area contributed by atoms with E-state index in [1.165, 1.54) is 4.68 Å². The van der Waals surface area contributed by atoms with Gasteiger partial charge in [-0.05, 0) is 48.9 Å². The van der Waals surface area contributed by atoms with Gasteiger partial charge < -0.3 is 11.5 Å². The molecule has 4 N–H and O–H groups in total. The highest BCUT2D eigenvalue weighted by molar-refractivity contribution is 7.51. The molecule has 1 heterocycles. The minimum Gasteiger partial charge on any atom is -0.399 e. The van der Waals surface area contributed by atoms with Crippen LogP contribution in [-0.2, 0) is 17.7 Å². The molecule has 0 bridgehead atoms. The fraction of sp³-hybridized carbons (Fsp3) is 0.118. The van der Waals surface area contributed by atoms with E-state index in [1.54, 1.807) is 42.5 Å². The quantitative estimate of drug-likeness (QED) is 0.647. The van der Waals surface area contributed by atoms with Gasteiger partial charge in [-0.3, -0.25) is 0 Å². The molecule has 1 aromatic heterocycles. The number of aryl methyl sites for hydroxylation is 1. The number of nitrogens with zero attached hydrogens (tertiary/aromatic N) is 2. The first-order valence-corrected chi connectivity index (χ1v) is 8.15. The summed E-state index contributed by atoms with van der Waals surface area (Å²) in [7, 11) is 0. The SMILES string of the molecule is Cc1ccc(-c2cc(C(F)(F)F)nn2-c2ccc(N)cc2)cc1N.O=S=O. The lowest BCUT2D eigenvalue weighted by molar-refractivity contribution is -0.141. The van der Waals surface area contributed by atoms with Crippen LogP contribution in [0, 0.1) is 6.92 Å². The molecule has 0 atom stereocenters. The van der Waals surface area contributed by atoms with E-state index in [0.717, 1.165) is 11.6 Å². The van der Waals surface area contributed by atoms with Crippen molar-refractivity contribution in [2.45, 2.75) is 13.1 Å². The first-order valence-electron chi connectivity index (χ1n) is 7.49. The lowest BCUT2D eigenvalue weighted by Crippen LogP contribution is -2.07. The van der Waals surface area contributed by atoms with Gasteiger partial charge in [-0.25, -0.2) is 4.68 Å². The van der Waals surface area contributed by atoms with Crippen molar-refractivity contribution in [1.82, 2.24) is 9.78 Å². The molecule has 0 saturated carbocycles. The second-order valence-electron chi connectivity index (χ2n) is 5.56. The first-order chi connectivity index (χ1) is 12.7. The van der Waals surface area contributed by atoms with Crippen molar-refractivity contribution in [3.8, 4) is 16.9 Å². The molecule has 27 heavy (non-hydrogen) atoms. The summed E-state index contributed by atoms with van der Waals surface area (Å²) in [5.74, 6) is 0. The summed E-state index contributed by atoms with van der Waals surface area (Å²) in [6, 6.07) is 12.6. The minimum atomic E-state index is -4.54. The van der Waals surface area contributed by atoms with Crippen LogP contribution < -0.4 is 11.5 Å². The number of hydrogen-bond acceptors (Lipinski definition) is 5. The van der Waals surface area contributed by atoms with Crippen LogP contribution in [0.2, 0.25) is 0 Å². The zero-order chi connectivity index (χ0) is 20.2. The van der Waals surface area contributed by atoms with E-state index in [4.69, 9.17) is 19.9 Å². The van der Waals surface area contributed by atoms with Gasteiger partial charge in [0, 0.05) is 16.9 Å². The highest BCUT2D eigenvalue weighted by Crippen LogP contribution is 2.34. The van der Waals surface area contributed by atoms with Crippen LogP contribution in [0.25, 0.3) is 16.9 Å². The summed E-state index contributed by atoms with van der Waals surface area (Å²) in [5, 5.41) is 3.72. The van der Waals surface area contributed by atoms with Crippen molar-refractivity contribution >= 4 is 22.9 Å². The second kappa shape index (κ2) is 8.04. The zero-order valence-corrected chi connectivity index (χ0v) is 14.8. The topological polar surface area (TPSA) is 104 Å². The maximum atomic E-state index is 13.1. The van der Waals surface area contributed by atoms with E-state index in [-0.39, 0.29) is 0 Å². The summed E-state index contributed by atoms with van der Waals surface area (Å²) >= 11 is -0.750. The molecule has 3 aromatic rings. The van der Waals surface area contributed by atoms with Crippen molar-refractivity contribution in [3.05, 3.63) is 59.8 Å². The number of anilines is 2. The number of benzene rings is 2. The second-order valence-corrected chi connectivity index (χ2v) is 5.69. The Morgan fingerprint density at radius 1 is 1.00 bits per heavy atom. The van der Waals surface area contributed by atoms with Crippen molar-refractivity contribution in [3.63, 3.8) is 0 Å². The van der Waals surface area contributed by atoms with E-state index in [1.807, 2.05) is 6.92 Å². The van der Waals surface area contributed by atoms with Gasteiger partial charge in [0.1, 0.15) is 0 Å². The predicted octanol–water partition coefficient (Wildman–Crippen LogP) is 3.36. The van der Waals surface area contributed by atoms with Crippen LogP contribution in [0.5, 0.6) is 0 Å². The van der Waals surface area contributed by atoms with Crippen LogP contribution >= 0.6 is 0 Å². The minimum absolute atomic E-state index is 0.304. The smallest absolute Gasteiger partial charge is 0.399 e. The third-order valence-electron chi connectivity index (χ3n) is 3.71. The fourth-order valence-electron chi connectivity index (χ4n) is 2.34. The van der Waals surface area contributed by atoms with E-state index < -0.39 is 23.4 Å². The summed E-state index contributed by atoms with van der Waals surface area (Å²) in [6.45, 7) is 1.83. The molecule has 0 spiro atoms. The lowest BCUT2D eigenvalue weighted by atomic mass is 10.1. The summed E-state index contributed by atoms with van der Waals surface area (Å²) < 4.78 is 57.1. The molecule has 0 fully saturated rings. The molecule has 2 aromatic carbocycles. The molecule has 142 valence electrons. The molecule has 3 rings (SSSR count). The normalized spacial score (nSPS) is 10.8. The number of rotatable bonds is 2. The first kappa shape index (κ1) is 20.2. The molecule has 0 unspecified atom stereocenters. The highest BCUT2D eigenvalue weighted by atomic mass is 32.1. The maximum Gasteiger partial charge on any atom is 0.435 e. The molecular weight excluding hydrogens is 381 g/mol. The van der Waals surface area contributed by atoms with Crippen molar-refractivity contribution < 1.29 is 21.6 Å². The average Bonchev–Trinajstić information content (AvgIpc) is 3.04. The Morgan fingerprint density at radius 2 is 1.59 bits per heavy atom. The van der Waals surface area contributed by atoms with Gasteiger partial charge in [0.25, 0.3) is 0 Å². The highest BCUT2D eigenvalue weighted by Gasteiger charge is 2.35.